The number of nitrogens with zero attached hydrogens (tertiary/aromatic N) is 3. The number of benzene rings is 1. The second-order valence-corrected chi connectivity index (χ2v) is 8.38. The molecule has 0 spiro atoms. The molecule has 2 unspecified atom stereocenters. The van der Waals surface area contributed by atoms with E-state index in [4.69, 9.17) is 4.74 Å². The first kappa shape index (κ1) is 19.5. The van der Waals surface area contributed by atoms with Crippen molar-refractivity contribution >= 4 is 17.7 Å². The van der Waals surface area contributed by atoms with Crippen molar-refractivity contribution in [1.82, 2.24) is 15.6 Å². The Bertz CT molecular complexity index is 1050. The summed E-state index contributed by atoms with van der Waals surface area (Å²) < 4.78 is 5.32. The first-order valence-corrected chi connectivity index (χ1v) is 10.4. The van der Waals surface area contributed by atoms with E-state index in [-0.39, 0.29) is 12.0 Å². The highest BCUT2D eigenvalue weighted by Crippen LogP contribution is 2.60. The van der Waals surface area contributed by atoms with E-state index in [9.17, 15) is 14.9 Å². The minimum absolute atomic E-state index is 0.152. The van der Waals surface area contributed by atoms with Crippen molar-refractivity contribution in [1.29, 1.82) is 5.26 Å². The number of nitrogens with one attached hydrogen (secondary N) is 2. The number of carbonyl (C=O) groups excluding carboxylic acids is 2. The Morgan fingerprint density at radius 2 is 1.97 bits per heavy atom. The van der Waals surface area contributed by atoms with E-state index in [0.29, 0.717) is 24.9 Å². The molecule has 1 aromatic heterocycles. The van der Waals surface area contributed by atoms with Crippen molar-refractivity contribution in [3.63, 3.8) is 0 Å². The molecule has 5 rings (SSSR count). The van der Waals surface area contributed by atoms with E-state index in [1.54, 1.807) is 4.90 Å². The SMILES string of the molecule is CC(=O)NC[C@H]1CN(c2ccc(-c3ccc(C4(C#N)C5CNCC54)nc3)cc2)C(=O)O1. The first-order valence-electron chi connectivity index (χ1n) is 10.4. The summed E-state index contributed by atoms with van der Waals surface area (Å²) in [6.45, 7) is 3.89. The fourth-order valence-electron chi connectivity index (χ4n) is 4.88. The third-order valence-electron chi connectivity index (χ3n) is 6.61. The van der Waals surface area contributed by atoms with Crippen molar-refractivity contribution in [2.45, 2.75) is 18.4 Å². The molecule has 1 saturated carbocycles. The van der Waals surface area contributed by atoms with E-state index >= 15 is 0 Å². The zero-order valence-electron chi connectivity index (χ0n) is 17.2. The molecule has 1 aliphatic carbocycles. The molecule has 2 saturated heterocycles. The average molecular weight is 417 g/mol. The lowest BCUT2D eigenvalue weighted by molar-refractivity contribution is -0.119. The van der Waals surface area contributed by atoms with E-state index < -0.39 is 11.5 Å². The summed E-state index contributed by atoms with van der Waals surface area (Å²) in [5, 5.41) is 15.8. The van der Waals surface area contributed by atoms with E-state index in [0.717, 1.165) is 35.6 Å². The Balaban J connectivity index is 1.28. The molecule has 0 radical (unpaired) electrons. The average Bonchev–Trinajstić information content (AvgIpc) is 3.09. The number of hydrogen-bond donors (Lipinski definition) is 2. The number of rotatable bonds is 5. The van der Waals surface area contributed by atoms with Gasteiger partial charge in [0, 0.05) is 49.3 Å². The molecule has 1 aromatic carbocycles. The minimum Gasteiger partial charge on any atom is -0.442 e. The lowest BCUT2D eigenvalue weighted by Crippen LogP contribution is -2.33. The highest BCUT2D eigenvalue weighted by Gasteiger charge is 2.69. The summed E-state index contributed by atoms with van der Waals surface area (Å²) in [6.07, 6.45) is 1.04. The fraction of sp³-hybridized carbons (Fsp3) is 0.391. The number of anilines is 1. The molecule has 3 heterocycles. The molecule has 31 heavy (non-hydrogen) atoms. The zero-order valence-corrected chi connectivity index (χ0v) is 17.2. The standard InChI is InChI=1S/C23H23N5O3/c1-14(29)26-9-18-12-28(22(30)31-18)17-5-2-15(3-6-17)16-4-7-21(27-8-16)23(13-24)19-10-25-11-20(19)23/h2-8,18-20,25H,9-12H2,1H3,(H,26,29)/t18-,19?,20?,23?/m0/s1. The quantitative estimate of drug-likeness (QED) is 0.769. The van der Waals surface area contributed by atoms with Gasteiger partial charge < -0.3 is 15.4 Å². The Morgan fingerprint density at radius 1 is 1.26 bits per heavy atom. The molecular weight excluding hydrogens is 394 g/mol. The lowest BCUT2D eigenvalue weighted by atomic mass is 9.96. The molecule has 2 aromatic rings. The molecule has 2 aliphatic heterocycles. The van der Waals surface area contributed by atoms with Gasteiger partial charge in [-0.25, -0.2) is 4.79 Å². The zero-order chi connectivity index (χ0) is 21.6. The van der Waals surface area contributed by atoms with Crippen LogP contribution in [0.25, 0.3) is 11.1 Å². The van der Waals surface area contributed by atoms with Crippen molar-refractivity contribution in [2.75, 3.05) is 31.1 Å². The number of piperidine rings is 1. The number of aromatic nitrogens is 1. The number of amides is 2. The van der Waals surface area contributed by atoms with Gasteiger partial charge in [-0.3, -0.25) is 14.7 Å². The Labute approximate surface area is 180 Å². The van der Waals surface area contributed by atoms with Gasteiger partial charge in [0.15, 0.2) is 0 Å². The highest BCUT2D eigenvalue weighted by molar-refractivity contribution is 5.90. The van der Waals surface area contributed by atoms with Gasteiger partial charge in [0.05, 0.1) is 24.9 Å². The van der Waals surface area contributed by atoms with Crippen LogP contribution in [0.5, 0.6) is 0 Å². The van der Waals surface area contributed by atoms with Crippen LogP contribution in [0.15, 0.2) is 42.6 Å². The van der Waals surface area contributed by atoms with Gasteiger partial charge in [0.2, 0.25) is 5.91 Å². The molecule has 2 N–H and O–H groups in total. The summed E-state index contributed by atoms with van der Waals surface area (Å²) in [5.74, 6) is 0.579. The summed E-state index contributed by atoms with van der Waals surface area (Å²) in [7, 11) is 0. The summed E-state index contributed by atoms with van der Waals surface area (Å²) in [5.41, 5.74) is 3.10. The summed E-state index contributed by atoms with van der Waals surface area (Å²) in [6, 6.07) is 14.1. The van der Waals surface area contributed by atoms with Gasteiger partial charge in [0.25, 0.3) is 0 Å². The Hall–Kier alpha value is -3.44. The van der Waals surface area contributed by atoms with Crippen LogP contribution < -0.4 is 15.5 Å². The smallest absolute Gasteiger partial charge is 0.414 e. The van der Waals surface area contributed by atoms with Gasteiger partial charge in [-0.2, -0.15) is 5.26 Å². The van der Waals surface area contributed by atoms with Crippen molar-refractivity contribution in [3.8, 4) is 17.2 Å². The number of ether oxygens (including phenoxy) is 1. The van der Waals surface area contributed by atoms with Crippen molar-refractivity contribution < 1.29 is 14.3 Å². The van der Waals surface area contributed by atoms with Gasteiger partial charge in [-0.1, -0.05) is 18.2 Å². The van der Waals surface area contributed by atoms with Crippen LogP contribution in [-0.4, -0.2) is 49.3 Å². The van der Waals surface area contributed by atoms with Crippen LogP contribution in [0.1, 0.15) is 12.6 Å². The summed E-state index contributed by atoms with van der Waals surface area (Å²) >= 11 is 0. The highest BCUT2D eigenvalue weighted by atomic mass is 16.6. The fourth-order valence-corrected chi connectivity index (χ4v) is 4.88. The largest absolute Gasteiger partial charge is 0.442 e. The van der Waals surface area contributed by atoms with Gasteiger partial charge in [-0.15, -0.1) is 0 Å². The van der Waals surface area contributed by atoms with E-state index in [1.165, 1.54) is 6.92 Å². The first-order chi connectivity index (χ1) is 15.0. The molecule has 3 atom stereocenters. The molecule has 3 aliphatic rings. The van der Waals surface area contributed by atoms with Crippen LogP contribution in [0, 0.1) is 23.2 Å². The third kappa shape index (κ3) is 3.22. The number of cyclic esters (lactones) is 1. The predicted octanol–water partition coefficient (Wildman–Crippen LogP) is 1.82. The van der Waals surface area contributed by atoms with E-state index in [2.05, 4.69) is 21.7 Å². The predicted molar refractivity (Wildman–Crippen MR) is 113 cm³/mol. The van der Waals surface area contributed by atoms with Crippen LogP contribution >= 0.6 is 0 Å². The maximum atomic E-state index is 12.2. The third-order valence-corrected chi connectivity index (χ3v) is 6.61. The van der Waals surface area contributed by atoms with Crippen molar-refractivity contribution in [2.24, 2.45) is 11.8 Å². The van der Waals surface area contributed by atoms with Crippen LogP contribution in [0.4, 0.5) is 10.5 Å². The molecule has 0 bridgehead atoms. The number of hydrogen-bond acceptors (Lipinski definition) is 6. The molecule has 8 heteroatoms. The lowest BCUT2D eigenvalue weighted by Gasteiger charge is -2.15. The van der Waals surface area contributed by atoms with Crippen molar-refractivity contribution in [3.05, 3.63) is 48.3 Å². The molecular formula is C23H23N5O3. The van der Waals surface area contributed by atoms with E-state index in [1.807, 2.05) is 42.6 Å². The molecule has 3 fully saturated rings. The van der Waals surface area contributed by atoms with Crippen LogP contribution in [0.2, 0.25) is 0 Å². The number of nitriles is 1. The number of pyridine rings is 1. The number of fused-ring (bicyclic) bond motifs is 1. The van der Waals surface area contributed by atoms with Gasteiger partial charge in [0.1, 0.15) is 11.5 Å². The van der Waals surface area contributed by atoms with Gasteiger partial charge >= 0.3 is 6.09 Å². The second kappa shape index (κ2) is 7.36. The van der Waals surface area contributed by atoms with Crippen LogP contribution in [0.3, 0.4) is 0 Å². The molecule has 8 nitrogen and oxygen atoms in total. The maximum absolute atomic E-state index is 12.2. The van der Waals surface area contributed by atoms with Crippen LogP contribution in [-0.2, 0) is 14.9 Å². The molecule has 158 valence electrons. The Morgan fingerprint density at radius 3 is 2.58 bits per heavy atom. The second-order valence-electron chi connectivity index (χ2n) is 8.38. The summed E-state index contributed by atoms with van der Waals surface area (Å²) in [4.78, 5) is 29.4. The number of carbonyl (C=O) groups is 2. The minimum atomic E-state index is -0.433. The molecule has 2 amide bonds. The van der Waals surface area contributed by atoms with Gasteiger partial charge in [-0.05, 0) is 23.8 Å². The topological polar surface area (TPSA) is 107 Å². The maximum Gasteiger partial charge on any atom is 0.414 e. The monoisotopic (exact) mass is 417 g/mol. The normalized spacial score (nSPS) is 28.6. The Kier molecular flexibility index (Phi) is 4.63.